The number of methoxy groups -OCH3 is 2. The van der Waals surface area contributed by atoms with Crippen molar-refractivity contribution in [1.29, 1.82) is 0 Å². The summed E-state index contributed by atoms with van der Waals surface area (Å²) in [6.07, 6.45) is 4.11. The quantitative estimate of drug-likeness (QED) is 0.671. The number of hydrogen-bond acceptors (Lipinski definition) is 2. The highest BCUT2D eigenvalue weighted by atomic mass is 16.5. The molecule has 13 heavy (non-hydrogen) atoms. The van der Waals surface area contributed by atoms with Crippen LogP contribution in [0.3, 0.4) is 0 Å². The topological polar surface area (TPSA) is 18.5 Å². The van der Waals surface area contributed by atoms with E-state index in [0.717, 1.165) is 6.61 Å². The predicted molar refractivity (Wildman–Crippen MR) is 53.8 cm³/mol. The van der Waals surface area contributed by atoms with Gasteiger partial charge in [0.25, 0.3) is 0 Å². The molecule has 1 rings (SSSR count). The SMILES string of the molecule is COCC1(C(C)C)CCCC1OC. The van der Waals surface area contributed by atoms with Gasteiger partial charge in [-0.25, -0.2) is 0 Å². The van der Waals surface area contributed by atoms with Crippen LogP contribution in [0.2, 0.25) is 0 Å². The van der Waals surface area contributed by atoms with Crippen molar-refractivity contribution >= 4 is 0 Å². The van der Waals surface area contributed by atoms with E-state index < -0.39 is 0 Å². The van der Waals surface area contributed by atoms with Crippen LogP contribution in [0.15, 0.2) is 0 Å². The smallest absolute Gasteiger partial charge is 0.0652 e. The van der Waals surface area contributed by atoms with E-state index in [4.69, 9.17) is 9.47 Å². The third-order valence-corrected chi connectivity index (χ3v) is 3.60. The highest BCUT2D eigenvalue weighted by molar-refractivity contribution is 4.95. The molecule has 2 atom stereocenters. The Morgan fingerprint density at radius 2 is 2.08 bits per heavy atom. The van der Waals surface area contributed by atoms with Crippen LogP contribution in [-0.4, -0.2) is 26.9 Å². The van der Waals surface area contributed by atoms with E-state index in [1.807, 2.05) is 7.11 Å². The van der Waals surface area contributed by atoms with Crippen molar-refractivity contribution < 1.29 is 9.47 Å². The van der Waals surface area contributed by atoms with Crippen LogP contribution in [0.1, 0.15) is 33.1 Å². The molecule has 78 valence electrons. The lowest BCUT2D eigenvalue weighted by Crippen LogP contribution is -2.40. The second-order valence-electron chi connectivity index (χ2n) is 4.44. The summed E-state index contributed by atoms with van der Waals surface area (Å²) >= 11 is 0. The van der Waals surface area contributed by atoms with E-state index in [-0.39, 0.29) is 5.41 Å². The van der Waals surface area contributed by atoms with Crippen LogP contribution < -0.4 is 0 Å². The van der Waals surface area contributed by atoms with Gasteiger partial charge >= 0.3 is 0 Å². The maximum absolute atomic E-state index is 5.56. The molecule has 0 aromatic rings. The van der Waals surface area contributed by atoms with Crippen molar-refractivity contribution in [2.45, 2.75) is 39.2 Å². The molecular formula is C11H22O2. The first kappa shape index (κ1) is 11.0. The van der Waals surface area contributed by atoms with Gasteiger partial charge in [-0.1, -0.05) is 20.3 Å². The van der Waals surface area contributed by atoms with Gasteiger partial charge < -0.3 is 9.47 Å². The molecule has 0 spiro atoms. The number of ether oxygens (including phenoxy) is 2. The molecule has 1 saturated carbocycles. The molecule has 0 aliphatic heterocycles. The fourth-order valence-corrected chi connectivity index (χ4v) is 2.68. The Hall–Kier alpha value is -0.0800. The average Bonchev–Trinajstić information content (AvgIpc) is 2.49. The Bertz CT molecular complexity index is 156. The fourth-order valence-electron chi connectivity index (χ4n) is 2.68. The van der Waals surface area contributed by atoms with Crippen molar-refractivity contribution in [3.05, 3.63) is 0 Å². The van der Waals surface area contributed by atoms with Gasteiger partial charge in [-0.2, -0.15) is 0 Å². The summed E-state index contributed by atoms with van der Waals surface area (Å²) in [6, 6.07) is 0. The Kier molecular flexibility index (Phi) is 3.74. The normalized spacial score (nSPS) is 34.4. The van der Waals surface area contributed by atoms with Crippen molar-refractivity contribution in [3.63, 3.8) is 0 Å². The third kappa shape index (κ3) is 1.89. The van der Waals surface area contributed by atoms with Gasteiger partial charge in [0.1, 0.15) is 0 Å². The summed E-state index contributed by atoms with van der Waals surface area (Å²) in [5, 5.41) is 0. The minimum Gasteiger partial charge on any atom is -0.384 e. The number of rotatable bonds is 4. The molecule has 2 nitrogen and oxygen atoms in total. The van der Waals surface area contributed by atoms with E-state index in [1.165, 1.54) is 19.3 Å². The Labute approximate surface area is 81.6 Å². The molecule has 2 heteroatoms. The molecule has 0 N–H and O–H groups in total. The van der Waals surface area contributed by atoms with Crippen LogP contribution in [-0.2, 0) is 9.47 Å². The zero-order chi connectivity index (χ0) is 9.90. The largest absolute Gasteiger partial charge is 0.384 e. The van der Waals surface area contributed by atoms with Gasteiger partial charge in [0.2, 0.25) is 0 Å². The monoisotopic (exact) mass is 186 g/mol. The lowest BCUT2D eigenvalue weighted by molar-refractivity contribution is -0.0610. The van der Waals surface area contributed by atoms with Gasteiger partial charge in [0, 0.05) is 19.6 Å². The molecule has 0 aromatic carbocycles. The Morgan fingerprint density at radius 3 is 2.54 bits per heavy atom. The highest BCUT2D eigenvalue weighted by Gasteiger charge is 2.45. The molecule has 1 aliphatic rings. The first-order valence-electron chi connectivity index (χ1n) is 5.19. The van der Waals surface area contributed by atoms with E-state index in [2.05, 4.69) is 13.8 Å². The molecule has 1 aliphatic carbocycles. The van der Waals surface area contributed by atoms with Gasteiger partial charge in [0.05, 0.1) is 12.7 Å². The van der Waals surface area contributed by atoms with E-state index >= 15 is 0 Å². The molecular weight excluding hydrogens is 164 g/mol. The molecule has 0 heterocycles. The molecule has 0 bridgehead atoms. The summed E-state index contributed by atoms with van der Waals surface area (Å²) < 4.78 is 10.9. The Balaban J connectivity index is 2.75. The lowest BCUT2D eigenvalue weighted by atomic mass is 9.74. The first-order valence-corrected chi connectivity index (χ1v) is 5.19. The van der Waals surface area contributed by atoms with Crippen LogP contribution >= 0.6 is 0 Å². The molecule has 2 unspecified atom stereocenters. The van der Waals surface area contributed by atoms with Crippen LogP contribution in [0, 0.1) is 11.3 Å². The second kappa shape index (κ2) is 4.43. The first-order chi connectivity index (χ1) is 6.17. The van der Waals surface area contributed by atoms with Crippen molar-refractivity contribution in [2.24, 2.45) is 11.3 Å². The highest BCUT2D eigenvalue weighted by Crippen LogP contribution is 2.45. The van der Waals surface area contributed by atoms with Crippen molar-refractivity contribution in [3.8, 4) is 0 Å². The van der Waals surface area contributed by atoms with Crippen LogP contribution in [0.25, 0.3) is 0 Å². The van der Waals surface area contributed by atoms with Crippen LogP contribution in [0.4, 0.5) is 0 Å². The summed E-state index contributed by atoms with van der Waals surface area (Å²) in [5.41, 5.74) is 0.267. The van der Waals surface area contributed by atoms with Gasteiger partial charge in [-0.05, 0) is 18.8 Å². The van der Waals surface area contributed by atoms with E-state index in [1.54, 1.807) is 7.11 Å². The van der Waals surface area contributed by atoms with Gasteiger partial charge in [-0.15, -0.1) is 0 Å². The predicted octanol–water partition coefficient (Wildman–Crippen LogP) is 2.47. The third-order valence-electron chi connectivity index (χ3n) is 3.60. The molecule has 0 amide bonds. The summed E-state index contributed by atoms with van der Waals surface area (Å²) in [4.78, 5) is 0. The minimum atomic E-state index is 0.267. The fraction of sp³-hybridized carbons (Fsp3) is 1.00. The standard InChI is InChI=1S/C11H22O2/c1-9(2)11(8-12-3)7-5-6-10(11)13-4/h9-10H,5-8H2,1-4H3. The minimum absolute atomic E-state index is 0.267. The molecule has 0 aromatic heterocycles. The molecule has 0 radical (unpaired) electrons. The van der Waals surface area contributed by atoms with E-state index in [9.17, 15) is 0 Å². The van der Waals surface area contributed by atoms with Gasteiger partial charge in [-0.3, -0.25) is 0 Å². The molecule has 1 fully saturated rings. The summed E-state index contributed by atoms with van der Waals surface area (Å²) in [7, 11) is 3.61. The Morgan fingerprint density at radius 1 is 1.38 bits per heavy atom. The second-order valence-corrected chi connectivity index (χ2v) is 4.44. The molecule has 0 saturated heterocycles. The van der Waals surface area contributed by atoms with E-state index in [0.29, 0.717) is 12.0 Å². The maximum atomic E-state index is 5.56. The average molecular weight is 186 g/mol. The lowest BCUT2D eigenvalue weighted by Gasteiger charge is -2.37. The number of hydrogen-bond donors (Lipinski definition) is 0. The zero-order valence-corrected chi connectivity index (χ0v) is 9.30. The van der Waals surface area contributed by atoms with Crippen molar-refractivity contribution in [2.75, 3.05) is 20.8 Å². The maximum Gasteiger partial charge on any atom is 0.0652 e. The van der Waals surface area contributed by atoms with Crippen LogP contribution in [0.5, 0.6) is 0 Å². The summed E-state index contributed by atoms with van der Waals surface area (Å²) in [6.45, 7) is 5.38. The van der Waals surface area contributed by atoms with Crippen molar-refractivity contribution in [1.82, 2.24) is 0 Å². The van der Waals surface area contributed by atoms with Gasteiger partial charge in [0.15, 0.2) is 0 Å². The zero-order valence-electron chi connectivity index (χ0n) is 9.30. The summed E-state index contributed by atoms with van der Waals surface area (Å²) in [5.74, 6) is 0.639.